The molecule has 1 heterocycles. The van der Waals surface area contributed by atoms with Gasteiger partial charge in [-0.05, 0) is 0 Å². The van der Waals surface area contributed by atoms with E-state index in [4.69, 9.17) is 9.47 Å². The van der Waals surface area contributed by atoms with Crippen molar-refractivity contribution < 1.29 is 19.7 Å². The summed E-state index contributed by atoms with van der Waals surface area (Å²) in [6.07, 6.45) is 0. The second-order valence-corrected chi connectivity index (χ2v) is 6.65. The van der Waals surface area contributed by atoms with Gasteiger partial charge in [-0.1, -0.05) is 41.5 Å². The van der Waals surface area contributed by atoms with Crippen LogP contribution in [0.1, 0.15) is 41.5 Å². The van der Waals surface area contributed by atoms with Crippen molar-refractivity contribution in [3.8, 4) is 0 Å². The first-order chi connectivity index (χ1) is 6.91. The summed E-state index contributed by atoms with van der Waals surface area (Å²) >= 11 is 0. The summed E-state index contributed by atoms with van der Waals surface area (Å²) in [6, 6.07) is 0. The van der Waals surface area contributed by atoms with Crippen LogP contribution in [0.3, 0.4) is 0 Å². The van der Waals surface area contributed by atoms with Crippen LogP contribution in [0.25, 0.3) is 0 Å². The molecule has 0 amide bonds. The Kier molecular flexibility index (Phi) is 3.19. The van der Waals surface area contributed by atoms with E-state index in [2.05, 4.69) is 0 Å². The molecule has 0 radical (unpaired) electrons. The molecule has 2 atom stereocenters. The van der Waals surface area contributed by atoms with Gasteiger partial charge in [0.05, 0.1) is 0 Å². The van der Waals surface area contributed by atoms with E-state index in [0.29, 0.717) is 0 Å². The van der Waals surface area contributed by atoms with Gasteiger partial charge in [-0.15, -0.1) is 0 Å². The van der Waals surface area contributed by atoms with Crippen LogP contribution < -0.4 is 0 Å². The van der Waals surface area contributed by atoms with Crippen LogP contribution in [0.15, 0.2) is 0 Å². The van der Waals surface area contributed by atoms with E-state index in [0.717, 1.165) is 0 Å². The average molecular weight is 232 g/mol. The Balaban J connectivity index is 2.79. The molecule has 1 saturated heterocycles. The molecule has 0 saturated carbocycles. The number of aliphatic hydroxyl groups is 2. The molecule has 0 aromatic heterocycles. The van der Waals surface area contributed by atoms with Gasteiger partial charge >= 0.3 is 0 Å². The lowest BCUT2D eigenvalue weighted by atomic mass is 9.82. The Hall–Kier alpha value is -0.160. The lowest BCUT2D eigenvalue weighted by molar-refractivity contribution is -0.411. The number of rotatable bonds is 0. The smallest absolute Gasteiger partial charge is 0.194 e. The van der Waals surface area contributed by atoms with Crippen LogP contribution in [-0.2, 0) is 9.47 Å². The third kappa shape index (κ3) is 2.25. The first-order valence-electron chi connectivity index (χ1n) is 5.64. The van der Waals surface area contributed by atoms with Crippen molar-refractivity contribution >= 4 is 0 Å². The third-order valence-corrected chi connectivity index (χ3v) is 3.36. The van der Waals surface area contributed by atoms with Crippen molar-refractivity contribution in [3.63, 3.8) is 0 Å². The highest BCUT2D eigenvalue weighted by molar-refractivity contribution is 4.91. The SMILES string of the molecule is CC(C)(C)C1(O)COC(O)(C(C)(C)C)CO1. The zero-order valence-corrected chi connectivity index (χ0v) is 11.1. The van der Waals surface area contributed by atoms with Gasteiger partial charge in [0.1, 0.15) is 13.2 Å². The summed E-state index contributed by atoms with van der Waals surface area (Å²) in [7, 11) is 0. The van der Waals surface area contributed by atoms with Gasteiger partial charge < -0.3 is 19.7 Å². The molecule has 2 unspecified atom stereocenters. The number of hydrogen-bond acceptors (Lipinski definition) is 4. The standard InChI is InChI=1S/C12H24O4/c1-9(2,3)11(13)7-16-12(14,8-15-11)10(4,5)6/h13-14H,7-8H2,1-6H3. The highest BCUT2D eigenvalue weighted by Gasteiger charge is 2.53. The molecule has 4 heteroatoms. The predicted octanol–water partition coefficient (Wildman–Crippen LogP) is 1.50. The highest BCUT2D eigenvalue weighted by atomic mass is 16.7. The summed E-state index contributed by atoms with van der Waals surface area (Å²) in [5.74, 6) is -2.69. The quantitative estimate of drug-likeness (QED) is 0.664. The molecule has 0 aromatic rings. The maximum absolute atomic E-state index is 10.2. The minimum atomic E-state index is -1.34. The Bertz CT molecular complexity index is 223. The minimum absolute atomic E-state index is 0.0235. The number of ether oxygens (including phenoxy) is 2. The van der Waals surface area contributed by atoms with Crippen LogP contribution in [-0.4, -0.2) is 35.0 Å². The van der Waals surface area contributed by atoms with E-state index in [-0.39, 0.29) is 13.2 Å². The monoisotopic (exact) mass is 232 g/mol. The van der Waals surface area contributed by atoms with E-state index >= 15 is 0 Å². The van der Waals surface area contributed by atoms with Crippen LogP contribution in [0.4, 0.5) is 0 Å². The van der Waals surface area contributed by atoms with Crippen molar-refractivity contribution in [3.05, 3.63) is 0 Å². The van der Waals surface area contributed by atoms with E-state index in [1.54, 1.807) is 0 Å². The van der Waals surface area contributed by atoms with Gasteiger partial charge in [0.15, 0.2) is 11.6 Å². The molecule has 2 N–H and O–H groups in total. The highest BCUT2D eigenvalue weighted by Crippen LogP contribution is 2.41. The lowest BCUT2D eigenvalue weighted by Gasteiger charge is -2.50. The van der Waals surface area contributed by atoms with Crippen LogP contribution in [0, 0.1) is 10.8 Å². The van der Waals surface area contributed by atoms with Crippen LogP contribution in [0.5, 0.6) is 0 Å². The molecule has 0 spiro atoms. The lowest BCUT2D eigenvalue weighted by Crippen LogP contribution is -2.62. The Morgan fingerprint density at radius 2 is 1.00 bits per heavy atom. The second-order valence-electron chi connectivity index (χ2n) is 6.65. The van der Waals surface area contributed by atoms with E-state index in [1.807, 2.05) is 41.5 Å². The minimum Gasteiger partial charge on any atom is -0.363 e. The van der Waals surface area contributed by atoms with Crippen molar-refractivity contribution in [1.82, 2.24) is 0 Å². The molecule has 1 aliphatic rings. The van der Waals surface area contributed by atoms with Gasteiger partial charge in [-0.2, -0.15) is 0 Å². The molecule has 0 aliphatic carbocycles. The first kappa shape index (κ1) is 13.9. The van der Waals surface area contributed by atoms with E-state index in [1.165, 1.54) is 0 Å². The van der Waals surface area contributed by atoms with Crippen molar-refractivity contribution in [2.45, 2.75) is 53.1 Å². The van der Waals surface area contributed by atoms with Crippen molar-refractivity contribution in [2.75, 3.05) is 13.2 Å². The zero-order chi connectivity index (χ0) is 12.8. The Labute approximate surface area is 97.6 Å². The zero-order valence-electron chi connectivity index (χ0n) is 11.1. The Morgan fingerprint density at radius 3 is 1.12 bits per heavy atom. The summed E-state index contributed by atoms with van der Waals surface area (Å²) in [4.78, 5) is 0. The molecular weight excluding hydrogens is 208 g/mol. The first-order valence-corrected chi connectivity index (χ1v) is 5.64. The summed E-state index contributed by atoms with van der Waals surface area (Å²) in [5.41, 5.74) is -0.904. The van der Waals surface area contributed by atoms with Crippen molar-refractivity contribution in [2.24, 2.45) is 10.8 Å². The molecule has 1 rings (SSSR count). The summed E-state index contributed by atoms with van der Waals surface area (Å²) in [5, 5.41) is 20.5. The largest absolute Gasteiger partial charge is 0.363 e. The Morgan fingerprint density at radius 1 is 0.750 bits per heavy atom. The third-order valence-electron chi connectivity index (χ3n) is 3.36. The second kappa shape index (κ2) is 3.67. The average Bonchev–Trinajstić information content (AvgIpc) is 2.07. The molecule has 0 bridgehead atoms. The molecule has 16 heavy (non-hydrogen) atoms. The fourth-order valence-electron chi connectivity index (χ4n) is 1.38. The molecule has 4 nitrogen and oxygen atoms in total. The van der Waals surface area contributed by atoms with Gasteiger partial charge in [-0.25, -0.2) is 0 Å². The summed E-state index contributed by atoms with van der Waals surface area (Å²) < 4.78 is 10.9. The maximum atomic E-state index is 10.2. The van der Waals surface area contributed by atoms with Crippen molar-refractivity contribution in [1.29, 1.82) is 0 Å². The van der Waals surface area contributed by atoms with E-state index < -0.39 is 22.4 Å². The van der Waals surface area contributed by atoms with Crippen LogP contribution >= 0.6 is 0 Å². The molecule has 1 fully saturated rings. The normalized spacial score (nSPS) is 37.5. The molecule has 0 aromatic carbocycles. The van der Waals surface area contributed by atoms with Gasteiger partial charge in [0.2, 0.25) is 0 Å². The fourth-order valence-corrected chi connectivity index (χ4v) is 1.38. The van der Waals surface area contributed by atoms with E-state index in [9.17, 15) is 10.2 Å². The van der Waals surface area contributed by atoms with Gasteiger partial charge in [0, 0.05) is 10.8 Å². The summed E-state index contributed by atoms with van der Waals surface area (Å²) in [6.45, 7) is 11.2. The van der Waals surface area contributed by atoms with Gasteiger partial charge in [0.25, 0.3) is 0 Å². The molecule has 1 aliphatic heterocycles. The molecular formula is C12H24O4. The fraction of sp³-hybridized carbons (Fsp3) is 1.00. The molecule has 96 valence electrons. The predicted molar refractivity (Wildman–Crippen MR) is 60.7 cm³/mol. The maximum Gasteiger partial charge on any atom is 0.194 e. The topological polar surface area (TPSA) is 58.9 Å². The van der Waals surface area contributed by atoms with Crippen LogP contribution in [0.2, 0.25) is 0 Å². The number of hydrogen-bond donors (Lipinski definition) is 2. The van der Waals surface area contributed by atoms with Gasteiger partial charge in [-0.3, -0.25) is 0 Å².